The van der Waals surface area contributed by atoms with Crippen molar-refractivity contribution >= 4 is 16.9 Å². The van der Waals surface area contributed by atoms with Gasteiger partial charge in [-0.05, 0) is 61.7 Å². The SMILES string of the molecule is COc1ccc(-n2nnc3cc(C(=O)N4CCCCC4)ccc32)cc1. The maximum atomic E-state index is 12.6. The highest BCUT2D eigenvalue weighted by atomic mass is 16.5. The number of piperidine rings is 1. The van der Waals surface area contributed by atoms with E-state index in [0.717, 1.165) is 48.4 Å². The molecule has 3 aromatic rings. The molecule has 0 atom stereocenters. The van der Waals surface area contributed by atoms with E-state index in [9.17, 15) is 4.79 Å². The third-order valence-electron chi connectivity index (χ3n) is 4.65. The van der Waals surface area contributed by atoms with Crippen LogP contribution in [0.15, 0.2) is 42.5 Å². The van der Waals surface area contributed by atoms with Gasteiger partial charge < -0.3 is 9.64 Å². The molecule has 0 bridgehead atoms. The summed E-state index contributed by atoms with van der Waals surface area (Å²) in [6.45, 7) is 1.69. The smallest absolute Gasteiger partial charge is 0.253 e. The first-order valence-corrected chi connectivity index (χ1v) is 8.55. The molecule has 1 aliphatic heterocycles. The Hall–Kier alpha value is -2.89. The highest BCUT2D eigenvalue weighted by Gasteiger charge is 2.19. The minimum absolute atomic E-state index is 0.0839. The molecule has 1 aromatic heterocycles. The van der Waals surface area contributed by atoms with Gasteiger partial charge in [0.2, 0.25) is 0 Å². The second-order valence-corrected chi connectivity index (χ2v) is 6.26. The van der Waals surface area contributed by atoms with Gasteiger partial charge >= 0.3 is 0 Å². The number of rotatable bonds is 3. The van der Waals surface area contributed by atoms with Crippen LogP contribution in [0.5, 0.6) is 5.75 Å². The van der Waals surface area contributed by atoms with Gasteiger partial charge in [-0.2, -0.15) is 0 Å². The number of carbonyl (C=O) groups excluding carboxylic acids is 1. The van der Waals surface area contributed by atoms with E-state index in [2.05, 4.69) is 10.3 Å². The monoisotopic (exact) mass is 336 g/mol. The number of nitrogens with zero attached hydrogens (tertiary/aromatic N) is 4. The first kappa shape index (κ1) is 15.6. The number of aromatic nitrogens is 3. The fraction of sp³-hybridized carbons (Fsp3) is 0.316. The van der Waals surface area contributed by atoms with Gasteiger partial charge in [0.25, 0.3) is 5.91 Å². The number of likely N-dealkylation sites (tertiary alicyclic amines) is 1. The highest BCUT2D eigenvalue weighted by Crippen LogP contribution is 2.21. The third kappa shape index (κ3) is 2.95. The zero-order valence-corrected chi connectivity index (χ0v) is 14.2. The van der Waals surface area contributed by atoms with E-state index >= 15 is 0 Å². The number of benzene rings is 2. The maximum absolute atomic E-state index is 12.6. The maximum Gasteiger partial charge on any atom is 0.253 e. The second-order valence-electron chi connectivity index (χ2n) is 6.26. The van der Waals surface area contributed by atoms with Crippen molar-refractivity contribution in [3.63, 3.8) is 0 Å². The molecule has 1 saturated heterocycles. The summed E-state index contributed by atoms with van der Waals surface area (Å²) >= 11 is 0. The van der Waals surface area contributed by atoms with Crippen molar-refractivity contribution in [2.24, 2.45) is 0 Å². The second kappa shape index (κ2) is 6.55. The van der Waals surface area contributed by atoms with Crippen LogP contribution in [-0.4, -0.2) is 46.0 Å². The first-order valence-electron chi connectivity index (χ1n) is 8.55. The molecule has 2 aromatic carbocycles. The van der Waals surface area contributed by atoms with Gasteiger partial charge in [0.1, 0.15) is 11.3 Å². The molecule has 6 nitrogen and oxygen atoms in total. The van der Waals surface area contributed by atoms with Crippen LogP contribution < -0.4 is 4.74 Å². The van der Waals surface area contributed by atoms with Crippen molar-refractivity contribution in [1.82, 2.24) is 19.9 Å². The zero-order valence-electron chi connectivity index (χ0n) is 14.2. The van der Waals surface area contributed by atoms with Crippen molar-refractivity contribution in [2.45, 2.75) is 19.3 Å². The molecule has 1 fully saturated rings. The quantitative estimate of drug-likeness (QED) is 0.737. The van der Waals surface area contributed by atoms with Crippen LogP contribution in [0, 0.1) is 0 Å². The Morgan fingerprint density at radius 1 is 1.04 bits per heavy atom. The molecule has 1 amide bonds. The van der Waals surface area contributed by atoms with Crippen molar-refractivity contribution in [3.8, 4) is 11.4 Å². The summed E-state index contributed by atoms with van der Waals surface area (Å²) in [4.78, 5) is 14.6. The van der Waals surface area contributed by atoms with Crippen LogP contribution in [-0.2, 0) is 0 Å². The van der Waals surface area contributed by atoms with Gasteiger partial charge in [-0.15, -0.1) is 5.10 Å². The lowest BCUT2D eigenvalue weighted by Gasteiger charge is -2.26. The summed E-state index contributed by atoms with van der Waals surface area (Å²) in [6.07, 6.45) is 3.38. The fourth-order valence-electron chi connectivity index (χ4n) is 3.25. The normalized spacial score (nSPS) is 14.7. The molecule has 0 saturated carbocycles. The van der Waals surface area contributed by atoms with Crippen LogP contribution in [0.2, 0.25) is 0 Å². The molecule has 25 heavy (non-hydrogen) atoms. The molecule has 128 valence electrons. The number of carbonyl (C=O) groups is 1. The van der Waals surface area contributed by atoms with Gasteiger partial charge in [-0.25, -0.2) is 4.68 Å². The van der Waals surface area contributed by atoms with Crippen LogP contribution >= 0.6 is 0 Å². The molecule has 6 heteroatoms. The van der Waals surface area contributed by atoms with Crippen molar-refractivity contribution < 1.29 is 9.53 Å². The van der Waals surface area contributed by atoms with Gasteiger partial charge in [0.15, 0.2) is 0 Å². The largest absolute Gasteiger partial charge is 0.497 e. The summed E-state index contributed by atoms with van der Waals surface area (Å²) in [6, 6.07) is 13.2. The summed E-state index contributed by atoms with van der Waals surface area (Å²) in [5.74, 6) is 0.878. The first-order chi connectivity index (χ1) is 12.3. The number of hydrogen-bond acceptors (Lipinski definition) is 4. The Morgan fingerprint density at radius 2 is 1.80 bits per heavy atom. The summed E-state index contributed by atoms with van der Waals surface area (Å²) < 4.78 is 6.95. The Kier molecular flexibility index (Phi) is 4.09. The lowest BCUT2D eigenvalue weighted by Crippen LogP contribution is -2.35. The van der Waals surface area contributed by atoms with Gasteiger partial charge in [0.05, 0.1) is 18.3 Å². The Morgan fingerprint density at radius 3 is 2.52 bits per heavy atom. The van der Waals surface area contributed by atoms with Crippen LogP contribution in [0.1, 0.15) is 29.6 Å². The van der Waals surface area contributed by atoms with Crippen LogP contribution in [0.3, 0.4) is 0 Å². The van der Waals surface area contributed by atoms with Gasteiger partial charge in [-0.1, -0.05) is 5.21 Å². The van der Waals surface area contributed by atoms with E-state index in [1.54, 1.807) is 11.8 Å². The molecule has 0 radical (unpaired) electrons. The van der Waals surface area contributed by atoms with E-state index in [-0.39, 0.29) is 5.91 Å². The van der Waals surface area contributed by atoms with E-state index in [0.29, 0.717) is 5.56 Å². The van der Waals surface area contributed by atoms with Crippen LogP contribution in [0.4, 0.5) is 0 Å². The molecular weight excluding hydrogens is 316 g/mol. The van der Waals surface area contributed by atoms with Gasteiger partial charge in [-0.3, -0.25) is 4.79 Å². The Labute approximate surface area is 146 Å². The summed E-state index contributed by atoms with van der Waals surface area (Å²) in [5.41, 5.74) is 3.17. The predicted molar refractivity (Wildman–Crippen MR) is 95.2 cm³/mol. The van der Waals surface area contributed by atoms with Crippen molar-refractivity contribution in [2.75, 3.05) is 20.2 Å². The lowest BCUT2D eigenvalue weighted by atomic mass is 10.1. The standard InChI is InChI=1S/C19H20N4O2/c1-25-16-8-6-15(7-9-16)23-18-10-5-14(13-17(18)20-21-23)19(24)22-11-3-2-4-12-22/h5-10,13H,2-4,11-12H2,1H3. The van der Waals surface area contributed by atoms with Crippen molar-refractivity contribution in [1.29, 1.82) is 0 Å². The van der Waals surface area contributed by atoms with Crippen molar-refractivity contribution in [3.05, 3.63) is 48.0 Å². The average molecular weight is 336 g/mol. The number of hydrogen-bond donors (Lipinski definition) is 0. The molecule has 4 rings (SSSR count). The minimum atomic E-state index is 0.0839. The van der Waals surface area contributed by atoms with E-state index in [1.807, 2.05) is 47.4 Å². The number of amides is 1. The lowest BCUT2D eigenvalue weighted by molar-refractivity contribution is 0.0724. The number of ether oxygens (including phenoxy) is 1. The van der Waals surface area contributed by atoms with E-state index in [1.165, 1.54) is 6.42 Å². The number of methoxy groups -OCH3 is 1. The minimum Gasteiger partial charge on any atom is -0.497 e. The third-order valence-corrected chi connectivity index (χ3v) is 4.65. The fourth-order valence-corrected chi connectivity index (χ4v) is 3.25. The summed E-state index contributed by atoms with van der Waals surface area (Å²) in [7, 11) is 1.64. The number of fused-ring (bicyclic) bond motifs is 1. The molecule has 0 N–H and O–H groups in total. The molecule has 0 aliphatic carbocycles. The molecule has 0 spiro atoms. The molecule has 0 unspecified atom stereocenters. The van der Waals surface area contributed by atoms with Gasteiger partial charge in [0, 0.05) is 18.7 Å². The van der Waals surface area contributed by atoms with E-state index in [4.69, 9.17) is 4.74 Å². The molecular formula is C19H20N4O2. The van der Waals surface area contributed by atoms with E-state index < -0.39 is 0 Å². The Bertz CT molecular complexity index is 895. The topological polar surface area (TPSA) is 60.2 Å². The highest BCUT2D eigenvalue weighted by molar-refractivity contribution is 5.97. The predicted octanol–water partition coefficient (Wildman–Crippen LogP) is 3.06. The Balaban J connectivity index is 1.65. The summed E-state index contributed by atoms with van der Waals surface area (Å²) in [5, 5.41) is 8.47. The zero-order chi connectivity index (χ0) is 17.2. The molecule has 2 heterocycles. The average Bonchev–Trinajstić information content (AvgIpc) is 3.11. The van der Waals surface area contributed by atoms with Crippen LogP contribution in [0.25, 0.3) is 16.7 Å². The molecule has 1 aliphatic rings.